The molecule has 1 aliphatic carbocycles. The van der Waals surface area contributed by atoms with Gasteiger partial charge in [-0.1, -0.05) is 12.2 Å². The van der Waals surface area contributed by atoms with E-state index in [0.29, 0.717) is 12.8 Å². The van der Waals surface area contributed by atoms with Crippen LogP contribution in [0.4, 0.5) is 0 Å². The molecule has 0 radical (unpaired) electrons. The SMILES string of the molecule is C=C1CC[C@@H]2C(C(=O)O)=CO[C@@H](O[C@@H]3O[C@H](CO)[C@@H](O)[C@H](O)[C@H]3O)[C@H]12. The highest BCUT2D eigenvalue weighted by Crippen LogP contribution is 2.46. The smallest absolute Gasteiger partial charge is 0.334 e. The molecular formula is C16H22O9. The van der Waals surface area contributed by atoms with Crippen LogP contribution in [0.1, 0.15) is 12.8 Å². The lowest BCUT2D eigenvalue weighted by atomic mass is 9.85. The summed E-state index contributed by atoms with van der Waals surface area (Å²) in [5.74, 6) is -1.83. The fourth-order valence-electron chi connectivity index (χ4n) is 3.65. The molecule has 2 fully saturated rings. The molecule has 9 heteroatoms. The van der Waals surface area contributed by atoms with Crippen LogP contribution in [-0.2, 0) is 19.0 Å². The van der Waals surface area contributed by atoms with Gasteiger partial charge in [-0.05, 0) is 12.8 Å². The van der Waals surface area contributed by atoms with Gasteiger partial charge in [0.1, 0.15) is 24.4 Å². The van der Waals surface area contributed by atoms with Crippen LogP contribution in [0.5, 0.6) is 0 Å². The number of aliphatic hydroxyl groups is 4. The van der Waals surface area contributed by atoms with Crippen molar-refractivity contribution >= 4 is 5.97 Å². The number of hydrogen-bond donors (Lipinski definition) is 5. The fourth-order valence-corrected chi connectivity index (χ4v) is 3.65. The summed E-state index contributed by atoms with van der Waals surface area (Å²) in [7, 11) is 0. The summed E-state index contributed by atoms with van der Waals surface area (Å²) in [6.07, 6.45) is -5.67. The van der Waals surface area contributed by atoms with E-state index in [1.165, 1.54) is 0 Å². The second kappa shape index (κ2) is 7.02. The maximum absolute atomic E-state index is 11.3. The third-order valence-corrected chi connectivity index (χ3v) is 5.07. The maximum Gasteiger partial charge on any atom is 0.334 e. The zero-order valence-corrected chi connectivity index (χ0v) is 13.4. The molecule has 140 valence electrons. The van der Waals surface area contributed by atoms with Gasteiger partial charge in [0, 0.05) is 11.8 Å². The van der Waals surface area contributed by atoms with Gasteiger partial charge < -0.3 is 39.7 Å². The number of rotatable bonds is 4. The number of carboxylic acids is 1. The van der Waals surface area contributed by atoms with Crippen LogP contribution < -0.4 is 0 Å². The largest absolute Gasteiger partial charge is 0.478 e. The average Bonchev–Trinajstić information content (AvgIpc) is 2.97. The lowest BCUT2D eigenvalue weighted by Gasteiger charge is -2.42. The lowest BCUT2D eigenvalue weighted by Crippen LogP contribution is -2.60. The third-order valence-electron chi connectivity index (χ3n) is 5.07. The summed E-state index contributed by atoms with van der Waals surface area (Å²) < 4.78 is 16.3. The van der Waals surface area contributed by atoms with Crippen molar-refractivity contribution in [3.63, 3.8) is 0 Å². The summed E-state index contributed by atoms with van der Waals surface area (Å²) in [6, 6.07) is 0. The molecule has 25 heavy (non-hydrogen) atoms. The molecule has 0 aromatic heterocycles. The van der Waals surface area contributed by atoms with Crippen LogP contribution >= 0.6 is 0 Å². The maximum atomic E-state index is 11.3. The predicted octanol–water partition coefficient (Wildman–Crippen LogP) is -1.29. The first-order chi connectivity index (χ1) is 11.8. The highest BCUT2D eigenvalue weighted by molar-refractivity contribution is 5.87. The first-order valence-electron chi connectivity index (χ1n) is 8.07. The van der Waals surface area contributed by atoms with Crippen molar-refractivity contribution in [1.82, 2.24) is 0 Å². The van der Waals surface area contributed by atoms with Crippen LogP contribution in [0.15, 0.2) is 24.0 Å². The van der Waals surface area contributed by atoms with Crippen LogP contribution in [0.3, 0.4) is 0 Å². The molecule has 0 aromatic carbocycles. The zero-order valence-electron chi connectivity index (χ0n) is 13.4. The molecule has 3 rings (SSSR count). The van der Waals surface area contributed by atoms with E-state index in [4.69, 9.17) is 14.2 Å². The highest BCUT2D eigenvalue weighted by Gasteiger charge is 2.49. The van der Waals surface area contributed by atoms with Crippen LogP contribution in [0.2, 0.25) is 0 Å². The molecule has 0 aromatic rings. The molecule has 1 saturated carbocycles. The van der Waals surface area contributed by atoms with E-state index in [0.717, 1.165) is 11.8 Å². The zero-order chi connectivity index (χ0) is 18.3. The molecule has 2 heterocycles. The normalized spacial score (nSPS) is 44.0. The van der Waals surface area contributed by atoms with Gasteiger partial charge in [-0.25, -0.2) is 4.79 Å². The highest BCUT2D eigenvalue weighted by atomic mass is 16.8. The van der Waals surface area contributed by atoms with Gasteiger partial charge in [0.15, 0.2) is 6.29 Å². The molecule has 0 unspecified atom stereocenters. The predicted molar refractivity (Wildman–Crippen MR) is 80.8 cm³/mol. The summed E-state index contributed by atoms with van der Waals surface area (Å²) in [4.78, 5) is 11.3. The number of fused-ring (bicyclic) bond motifs is 1. The van der Waals surface area contributed by atoms with Gasteiger partial charge in [-0.2, -0.15) is 0 Å². The molecule has 0 spiro atoms. The molecular weight excluding hydrogens is 336 g/mol. The Bertz CT molecular complexity index is 572. The minimum atomic E-state index is -1.56. The topological polar surface area (TPSA) is 146 Å². The van der Waals surface area contributed by atoms with Crippen molar-refractivity contribution < 1.29 is 44.5 Å². The Hall–Kier alpha value is -1.49. The standard InChI is InChI=1S/C16H22O9/c1-6-2-3-7-8(14(21)22)5-23-15(10(6)7)25-16-13(20)12(19)11(18)9(4-17)24-16/h5,7,9-13,15-20H,1-4H2,(H,21,22)/t7-,9-,10-,11-,12+,13-,15+,16+/m1/s1. The molecule has 2 aliphatic heterocycles. The van der Waals surface area contributed by atoms with E-state index in [-0.39, 0.29) is 11.5 Å². The van der Waals surface area contributed by atoms with Crippen molar-refractivity contribution in [2.75, 3.05) is 6.61 Å². The molecule has 3 aliphatic rings. The molecule has 0 bridgehead atoms. The molecule has 5 N–H and O–H groups in total. The van der Waals surface area contributed by atoms with Crippen molar-refractivity contribution in [2.45, 2.75) is 49.8 Å². The van der Waals surface area contributed by atoms with Crippen LogP contribution in [-0.4, -0.2) is 75.1 Å². The Labute approximate surface area is 143 Å². The lowest BCUT2D eigenvalue weighted by molar-refractivity contribution is -0.339. The molecule has 9 nitrogen and oxygen atoms in total. The summed E-state index contributed by atoms with van der Waals surface area (Å²) in [6.45, 7) is 3.37. The van der Waals surface area contributed by atoms with E-state index in [2.05, 4.69) is 6.58 Å². The van der Waals surface area contributed by atoms with Crippen LogP contribution in [0, 0.1) is 11.8 Å². The number of ether oxygens (including phenoxy) is 3. The number of aliphatic hydroxyl groups excluding tert-OH is 4. The van der Waals surface area contributed by atoms with Gasteiger partial charge >= 0.3 is 5.97 Å². The third kappa shape index (κ3) is 3.19. The van der Waals surface area contributed by atoms with Gasteiger partial charge in [-0.3, -0.25) is 0 Å². The van der Waals surface area contributed by atoms with Crippen molar-refractivity contribution in [1.29, 1.82) is 0 Å². The average molecular weight is 358 g/mol. The van der Waals surface area contributed by atoms with Crippen molar-refractivity contribution in [2.24, 2.45) is 11.8 Å². The number of hydrogen-bond acceptors (Lipinski definition) is 8. The van der Waals surface area contributed by atoms with Crippen molar-refractivity contribution in [3.05, 3.63) is 24.0 Å². The number of carboxylic acid groups (broad SMARTS) is 1. The minimum absolute atomic E-state index is 0.136. The van der Waals surface area contributed by atoms with E-state index in [9.17, 15) is 30.3 Å². The van der Waals surface area contributed by atoms with Gasteiger partial charge in [0.2, 0.25) is 6.29 Å². The Kier molecular flexibility index (Phi) is 5.14. The van der Waals surface area contributed by atoms with E-state index in [1.54, 1.807) is 0 Å². The van der Waals surface area contributed by atoms with Gasteiger partial charge in [0.25, 0.3) is 0 Å². The second-order valence-corrected chi connectivity index (χ2v) is 6.55. The molecule has 1 saturated heterocycles. The number of carbonyl (C=O) groups is 1. The second-order valence-electron chi connectivity index (χ2n) is 6.55. The fraction of sp³-hybridized carbons (Fsp3) is 0.688. The van der Waals surface area contributed by atoms with Gasteiger partial charge in [0.05, 0.1) is 18.4 Å². The quantitative estimate of drug-likeness (QED) is 0.387. The molecule has 8 atom stereocenters. The molecule has 0 amide bonds. The Balaban J connectivity index is 1.78. The Morgan fingerprint density at radius 2 is 1.96 bits per heavy atom. The van der Waals surface area contributed by atoms with Crippen LogP contribution in [0.25, 0.3) is 0 Å². The van der Waals surface area contributed by atoms with Crippen molar-refractivity contribution in [3.8, 4) is 0 Å². The van der Waals surface area contributed by atoms with E-state index in [1.807, 2.05) is 0 Å². The first kappa shape index (κ1) is 18.3. The Morgan fingerprint density at radius 3 is 2.60 bits per heavy atom. The Morgan fingerprint density at radius 1 is 1.24 bits per heavy atom. The summed E-state index contributed by atoms with van der Waals surface area (Å²) in [5, 5.41) is 48.2. The number of aliphatic carboxylic acids is 1. The van der Waals surface area contributed by atoms with Gasteiger partial charge in [-0.15, -0.1) is 0 Å². The minimum Gasteiger partial charge on any atom is -0.478 e. The van der Waals surface area contributed by atoms with E-state index >= 15 is 0 Å². The monoisotopic (exact) mass is 358 g/mol. The summed E-state index contributed by atoms with van der Waals surface area (Å²) >= 11 is 0. The van der Waals surface area contributed by atoms with E-state index < -0.39 is 55.5 Å². The first-order valence-corrected chi connectivity index (χ1v) is 8.07. The summed E-state index contributed by atoms with van der Waals surface area (Å²) in [5.41, 5.74) is 0.906.